The van der Waals surface area contributed by atoms with Gasteiger partial charge in [-0.2, -0.15) is 0 Å². The van der Waals surface area contributed by atoms with E-state index in [9.17, 15) is 0 Å². The molecule has 2 rings (SSSR count). The Morgan fingerprint density at radius 1 is 1.53 bits per heavy atom. The predicted molar refractivity (Wildman–Crippen MR) is 66.9 cm³/mol. The van der Waals surface area contributed by atoms with E-state index in [1.807, 2.05) is 0 Å². The molecule has 1 atom stereocenters. The van der Waals surface area contributed by atoms with E-state index in [0.29, 0.717) is 5.92 Å². The van der Waals surface area contributed by atoms with Crippen molar-refractivity contribution in [1.82, 2.24) is 4.90 Å². The van der Waals surface area contributed by atoms with E-state index in [0.717, 1.165) is 26.2 Å². The van der Waals surface area contributed by atoms with Crippen molar-refractivity contribution >= 4 is 15.9 Å². The fourth-order valence-electron chi connectivity index (χ4n) is 2.41. The fraction of sp³-hybridized carbons (Fsp3) is 0.500. The SMILES string of the molecule is CC1CN(CCN)Cc2cccc(Br)c21. The minimum atomic E-state index is 0.593. The minimum absolute atomic E-state index is 0.593. The van der Waals surface area contributed by atoms with Crippen molar-refractivity contribution in [3.63, 3.8) is 0 Å². The Hall–Kier alpha value is -0.380. The van der Waals surface area contributed by atoms with Gasteiger partial charge < -0.3 is 5.73 Å². The molecule has 2 N–H and O–H groups in total. The maximum Gasteiger partial charge on any atom is 0.0237 e. The Kier molecular flexibility index (Phi) is 3.44. The monoisotopic (exact) mass is 268 g/mol. The molecule has 0 spiro atoms. The smallest absolute Gasteiger partial charge is 0.0237 e. The van der Waals surface area contributed by atoms with Gasteiger partial charge in [-0.25, -0.2) is 0 Å². The summed E-state index contributed by atoms with van der Waals surface area (Å²) >= 11 is 3.64. The summed E-state index contributed by atoms with van der Waals surface area (Å²) in [5, 5.41) is 0. The van der Waals surface area contributed by atoms with E-state index in [2.05, 4.69) is 46.0 Å². The molecule has 0 amide bonds. The molecule has 1 aromatic carbocycles. The van der Waals surface area contributed by atoms with Gasteiger partial charge in [0.25, 0.3) is 0 Å². The Balaban J connectivity index is 2.28. The average molecular weight is 269 g/mol. The van der Waals surface area contributed by atoms with Crippen LogP contribution in [0, 0.1) is 0 Å². The molecule has 1 unspecified atom stereocenters. The first-order valence-corrected chi connectivity index (χ1v) is 6.21. The topological polar surface area (TPSA) is 29.3 Å². The fourth-order valence-corrected chi connectivity index (χ4v) is 3.21. The maximum absolute atomic E-state index is 5.60. The zero-order valence-electron chi connectivity index (χ0n) is 9.04. The molecule has 0 aliphatic carbocycles. The number of nitrogens with two attached hydrogens (primary N) is 1. The van der Waals surface area contributed by atoms with E-state index >= 15 is 0 Å². The van der Waals surface area contributed by atoms with Gasteiger partial charge in [0.15, 0.2) is 0 Å². The lowest BCUT2D eigenvalue weighted by atomic mass is 9.91. The Labute approximate surface area is 99.6 Å². The Morgan fingerprint density at radius 2 is 2.33 bits per heavy atom. The number of halogens is 1. The van der Waals surface area contributed by atoms with Gasteiger partial charge in [0.05, 0.1) is 0 Å². The number of rotatable bonds is 2. The number of fused-ring (bicyclic) bond motifs is 1. The molecule has 15 heavy (non-hydrogen) atoms. The normalized spacial score (nSPS) is 21.4. The summed E-state index contributed by atoms with van der Waals surface area (Å²) in [6, 6.07) is 6.47. The second-order valence-corrected chi connectivity index (χ2v) is 5.09. The highest BCUT2D eigenvalue weighted by Crippen LogP contribution is 2.33. The highest BCUT2D eigenvalue weighted by molar-refractivity contribution is 9.10. The molecule has 1 heterocycles. The molecule has 0 fully saturated rings. The molecule has 0 aromatic heterocycles. The van der Waals surface area contributed by atoms with Gasteiger partial charge in [-0.1, -0.05) is 35.0 Å². The van der Waals surface area contributed by atoms with Gasteiger partial charge in [0, 0.05) is 30.7 Å². The van der Waals surface area contributed by atoms with Gasteiger partial charge in [0.2, 0.25) is 0 Å². The van der Waals surface area contributed by atoms with Gasteiger partial charge in [0.1, 0.15) is 0 Å². The van der Waals surface area contributed by atoms with Gasteiger partial charge >= 0.3 is 0 Å². The molecule has 1 aliphatic rings. The molecular weight excluding hydrogens is 252 g/mol. The van der Waals surface area contributed by atoms with Crippen LogP contribution in [0.3, 0.4) is 0 Å². The minimum Gasteiger partial charge on any atom is -0.329 e. The number of nitrogens with zero attached hydrogens (tertiary/aromatic N) is 1. The van der Waals surface area contributed by atoms with E-state index < -0.39 is 0 Å². The summed E-state index contributed by atoms with van der Waals surface area (Å²) in [6.45, 7) is 6.18. The number of hydrogen-bond donors (Lipinski definition) is 1. The summed E-state index contributed by atoms with van der Waals surface area (Å²) in [6.07, 6.45) is 0. The van der Waals surface area contributed by atoms with Crippen LogP contribution in [0.2, 0.25) is 0 Å². The average Bonchev–Trinajstić information content (AvgIpc) is 2.17. The third kappa shape index (κ3) is 2.25. The van der Waals surface area contributed by atoms with Gasteiger partial charge in [-0.15, -0.1) is 0 Å². The van der Waals surface area contributed by atoms with Crippen molar-refractivity contribution in [1.29, 1.82) is 0 Å². The Bertz CT molecular complexity index is 351. The Morgan fingerprint density at radius 3 is 3.07 bits per heavy atom. The highest BCUT2D eigenvalue weighted by Gasteiger charge is 2.23. The molecule has 3 heteroatoms. The zero-order chi connectivity index (χ0) is 10.8. The first kappa shape index (κ1) is 11.1. The lowest BCUT2D eigenvalue weighted by Gasteiger charge is -2.33. The van der Waals surface area contributed by atoms with E-state index in [1.165, 1.54) is 15.6 Å². The molecule has 2 nitrogen and oxygen atoms in total. The van der Waals surface area contributed by atoms with Crippen LogP contribution in [0.15, 0.2) is 22.7 Å². The van der Waals surface area contributed by atoms with E-state index in [1.54, 1.807) is 0 Å². The second kappa shape index (κ2) is 4.64. The molecule has 0 radical (unpaired) electrons. The third-order valence-corrected chi connectivity index (χ3v) is 3.70. The number of hydrogen-bond acceptors (Lipinski definition) is 2. The lowest BCUT2D eigenvalue weighted by molar-refractivity contribution is 0.241. The van der Waals surface area contributed by atoms with Crippen molar-refractivity contribution in [3.05, 3.63) is 33.8 Å². The summed E-state index contributed by atoms with van der Waals surface area (Å²) in [4.78, 5) is 2.43. The van der Waals surface area contributed by atoms with Crippen molar-refractivity contribution in [2.45, 2.75) is 19.4 Å². The first-order chi connectivity index (χ1) is 7.22. The van der Waals surface area contributed by atoms with E-state index in [-0.39, 0.29) is 0 Å². The molecule has 82 valence electrons. The van der Waals surface area contributed by atoms with Crippen LogP contribution in [0.25, 0.3) is 0 Å². The summed E-state index contributed by atoms with van der Waals surface area (Å²) in [5.74, 6) is 0.593. The van der Waals surface area contributed by atoms with Crippen LogP contribution >= 0.6 is 15.9 Å². The molecular formula is C12H17BrN2. The lowest BCUT2D eigenvalue weighted by Crippen LogP contribution is -2.36. The van der Waals surface area contributed by atoms with Gasteiger partial charge in [-0.3, -0.25) is 4.90 Å². The van der Waals surface area contributed by atoms with E-state index in [4.69, 9.17) is 5.73 Å². The maximum atomic E-state index is 5.60. The van der Waals surface area contributed by atoms with Crippen LogP contribution in [0.4, 0.5) is 0 Å². The van der Waals surface area contributed by atoms with Crippen LogP contribution in [0.5, 0.6) is 0 Å². The molecule has 1 aliphatic heterocycles. The second-order valence-electron chi connectivity index (χ2n) is 4.24. The zero-order valence-corrected chi connectivity index (χ0v) is 10.6. The van der Waals surface area contributed by atoms with Crippen molar-refractivity contribution < 1.29 is 0 Å². The van der Waals surface area contributed by atoms with Crippen LogP contribution < -0.4 is 5.73 Å². The largest absolute Gasteiger partial charge is 0.329 e. The van der Waals surface area contributed by atoms with Gasteiger partial charge in [-0.05, 0) is 23.1 Å². The summed E-state index contributed by atoms with van der Waals surface area (Å²) < 4.78 is 1.25. The molecule has 0 bridgehead atoms. The highest BCUT2D eigenvalue weighted by atomic mass is 79.9. The molecule has 1 aromatic rings. The van der Waals surface area contributed by atoms with Crippen molar-refractivity contribution in [3.8, 4) is 0 Å². The molecule has 0 saturated carbocycles. The quantitative estimate of drug-likeness (QED) is 0.892. The van der Waals surface area contributed by atoms with Crippen LogP contribution in [0.1, 0.15) is 24.0 Å². The first-order valence-electron chi connectivity index (χ1n) is 5.42. The van der Waals surface area contributed by atoms with Crippen LogP contribution in [-0.2, 0) is 6.54 Å². The summed E-state index contributed by atoms with van der Waals surface area (Å²) in [7, 11) is 0. The summed E-state index contributed by atoms with van der Waals surface area (Å²) in [5.41, 5.74) is 8.52. The molecule has 0 saturated heterocycles. The van der Waals surface area contributed by atoms with Crippen molar-refractivity contribution in [2.24, 2.45) is 5.73 Å². The number of benzene rings is 1. The van der Waals surface area contributed by atoms with Crippen molar-refractivity contribution in [2.75, 3.05) is 19.6 Å². The van der Waals surface area contributed by atoms with Crippen LogP contribution in [-0.4, -0.2) is 24.5 Å². The predicted octanol–water partition coefficient (Wildman–Crippen LogP) is 2.33. The third-order valence-electron chi connectivity index (χ3n) is 3.01. The standard InChI is InChI=1S/C12H17BrN2/c1-9-7-15(6-5-14)8-10-3-2-4-11(13)12(9)10/h2-4,9H,5-8,14H2,1H3.